The highest BCUT2D eigenvalue weighted by Crippen LogP contribution is 2.34. The van der Waals surface area contributed by atoms with Gasteiger partial charge in [0.15, 0.2) is 0 Å². The Labute approximate surface area is 126 Å². The third kappa shape index (κ3) is 3.48. The second-order valence-electron chi connectivity index (χ2n) is 5.77. The maximum atomic E-state index is 5.74. The first-order valence-corrected chi connectivity index (χ1v) is 7.94. The molecule has 0 saturated heterocycles. The molecule has 1 aromatic carbocycles. The van der Waals surface area contributed by atoms with Gasteiger partial charge in [-0.2, -0.15) is 0 Å². The summed E-state index contributed by atoms with van der Waals surface area (Å²) in [6.07, 6.45) is 6.74. The molecule has 0 saturated carbocycles. The lowest BCUT2D eigenvalue weighted by atomic mass is 9.93. The van der Waals surface area contributed by atoms with Gasteiger partial charge in [0.25, 0.3) is 0 Å². The minimum absolute atomic E-state index is 0.554. The standard InChI is InChI=1S/C18H24N2O/c1-2-9-19-12-15-7-10-20(13-15)14-16-8-11-21-18-6-4-3-5-17(16)18/h3-7,10,13,16,19H,2,8-9,11-12,14H2,1H3. The smallest absolute Gasteiger partial charge is 0.122 e. The number of hydrogen-bond acceptors (Lipinski definition) is 2. The van der Waals surface area contributed by atoms with Gasteiger partial charge >= 0.3 is 0 Å². The molecule has 0 aliphatic carbocycles. The fourth-order valence-electron chi connectivity index (χ4n) is 2.98. The zero-order chi connectivity index (χ0) is 14.5. The van der Waals surface area contributed by atoms with Crippen molar-refractivity contribution < 1.29 is 4.74 Å². The lowest BCUT2D eigenvalue weighted by molar-refractivity contribution is 0.259. The van der Waals surface area contributed by atoms with Crippen molar-refractivity contribution >= 4 is 0 Å². The van der Waals surface area contributed by atoms with Gasteiger partial charge in [0, 0.05) is 31.4 Å². The third-order valence-corrected chi connectivity index (χ3v) is 4.08. The van der Waals surface area contributed by atoms with Crippen LogP contribution in [-0.2, 0) is 13.1 Å². The van der Waals surface area contributed by atoms with Crippen LogP contribution in [0, 0.1) is 0 Å². The normalized spacial score (nSPS) is 17.3. The number of hydrogen-bond donors (Lipinski definition) is 1. The van der Waals surface area contributed by atoms with Gasteiger partial charge in [0.05, 0.1) is 6.61 Å². The molecule has 1 atom stereocenters. The SMILES string of the molecule is CCCNCc1ccn(CC2CCOc3ccccc32)c1. The minimum atomic E-state index is 0.554. The molecule has 0 radical (unpaired) electrons. The first kappa shape index (κ1) is 14.2. The average molecular weight is 284 g/mol. The molecule has 3 rings (SSSR count). The largest absolute Gasteiger partial charge is 0.493 e. The van der Waals surface area contributed by atoms with Crippen molar-refractivity contribution in [2.24, 2.45) is 0 Å². The second kappa shape index (κ2) is 6.81. The van der Waals surface area contributed by atoms with Crippen molar-refractivity contribution in [3.8, 4) is 5.75 Å². The zero-order valence-corrected chi connectivity index (χ0v) is 12.7. The third-order valence-electron chi connectivity index (χ3n) is 4.08. The Morgan fingerprint density at radius 2 is 2.19 bits per heavy atom. The molecule has 2 aromatic rings. The Balaban J connectivity index is 1.65. The second-order valence-corrected chi connectivity index (χ2v) is 5.77. The van der Waals surface area contributed by atoms with E-state index in [4.69, 9.17) is 4.74 Å². The van der Waals surface area contributed by atoms with Crippen LogP contribution in [0.25, 0.3) is 0 Å². The van der Waals surface area contributed by atoms with Crippen LogP contribution in [0.4, 0.5) is 0 Å². The van der Waals surface area contributed by atoms with Crippen molar-refractivity contribution in [2.75, 3.05) is 13.2 Å². The molecule has 0 spiro atoms. The van der Waals surface area contributed by atoms with E-state index < -0.39 is 0 Å². The quantitative estimate of drug-likeness (QED) is 0.821. The van der Waals surface area contributed by atoms with Gasteiger partial charge in [-0.05, 0) is 42.6 Å². The number of para-hydroxylation sites is 1. The van der Waals surface area contributed by atoms with Gasteiger partial charge in [-0.15, -0.1) is 0 Å². The fourth-order valence-corrected chi connectivity index (χ4v) is 2.98. The molecule has 21 heavy (non-hydrogen) atoms. The van der Waals surface area contributed by atoms with Crippen molar-refractivity contribution in [3.63, 3.8) is 0 Å². The summed E-state index contributed by atoms with van der Waals surface area (Å²) in [7, 11) is 0. The molecule has 3 nitrogen and oxygen atoms in total. The molecule has 1 N–H and O–H groups in total. The van der Waals surface area contributed by atoms with Crippen LogP contribution < -0.4 is 10.1 Å². The molecule has 2 heterocycles. The summed E-state index contributed by atoms with van der Waals surface area (Å²) in [5.74, 6) is 1.62. The summed E-state index contributed by atoms with van der Waals surface area (Å²) in [6.45, 7) is 6.10. The first-order valence-electron chi connectivity index (χ1n) is 7.94. The summed E-state index contributed by atoms with van der Waals surface area (Å²) in [5, 5.41) is 3.45. The van der Waals surface area contributed by atoms with Crippen LogP contribution in [0.15, 0.2) is 42.7 Å². The Kier molecular flexibility index (Phi) is 4.61. The van der Waals surface area contributed by atoms with Gasteiger partial charge in [0.2, 0.25) is 0 Å². The van der Waals surface area contributed by atoms with Gasteiger partial charge in [-0.25, -0.2) is 0 Å². The van der Waals surface area contributed by atoms with Crippen molar-refractivity contribution in [1.82, 2.24) is 9.88 Å². The molecular weight excluding hydrogens is 260 g/mol. The monoisotopic (exact) mass is 284 g/mol. The molecule has 1 aliphatic heterocycles. The molecule has 0 amide bonds. The highest BCUT2D eigenvalue weighted by molar-refractivity contribution is 5.37. The maximum Gasteiger partial charge on any atom is 0.122 e. The van der Waals surface area contributed by atoms with Gasteiger partial charge in [-0.1, -0.05) is 25.1 Å². The zero-order valence-electron chi connectivity index (χ0n) is 12.7. The molecule has 1 aromatic heterocycles. The molecule has 3 heteroatoms. The van der Waals surface area contributed by atoms with Crippen LogP contribution in [0.5, 0.6) is 5.75 Å². The summed E-state index contributed by atoms with van der Waals surface area (Å²) >= 11 is 0. The van der Waals surface area contributed by atoms with E-state index in [9.17, 15) is 0 Å². The highest BCUT2D eigenvalue weighted by atomic mass is 16.5. The van der Waals surface area contributed by atoms with E-state index in [0.717, 1.165) is 38.4 Å². The number of fused-ring (bicyclic) bond motifs is 1. The average Bonchev–Trinajstić information content (AvgIpc) is 2.96. The van der Waals surface area contributed by atoms with E-state index in [-0.39, 0.29) is 0 Å². The maximum absolute atomic E-state index is 5.74. The lowest BCUT2D eigenvalue weighted by Crippen LogP contribution is -2.18. The molecule has 112 valence electrons. The summed E-state index contributed by atoms with van der Waals surface area (Å²) < 4.78 is 8.06. The van der Waals surface area contributed by atoms with Crippen molar-refractivity contribution in [2.45, 2.75) is 38.8 Å². The van der Waals surface area contributed by atoms with Crippen LogP contribution in [0.3, 0.4) is 0 Å². The Morgan fingerprint density at radius 3 is 3.10 bits per heavy atom. The number of rotatable bonds is 6. The summed E-state index contributed by atoms with van der Waals surface area (Å²) in [5.41, 5.74) is 2.71. The molecule has 0 fully saturated rings. The summed E-state index contributed by atoms with van der Waals surface area (Å²) in [4.78, 5) is 0. The van der Waals surface area contributed by atoms with Crippen LogP contribution in [0.1, 0.15) is 36.8 Å². The molecule has 1 unspecified atom stereocenters. The number of ether oxygens (including phenoxy) is 1. The highest BCUT2D eigenvalue weighted by Gasteiger charge is 2.21. The number of benzene rings is 1. The molecule has 0 bridgehead atoms. The van der Waals surface area contributed by atoms with Gasteiger partial charge < -0.3 is 14.6 Å². The van der Waals surface area contributed by atoms with Crippen molar-refractivity contribution in [1.29, 1.82) is 0 Å². The van der Waals surface area contributed by atoms with Crippen LogP contribution >= 0.6 is 0 Å². The van der Waals surface area contributed by atoms with E-state index in [0.29, 0.717) is 5.92 Å². The molecule has 1 aliphatic rings. The Hall–Kier alpha value is -1.74. The summed E-state index contributed by atoms with van der Waals surface area (Å²) in [6, 6.07) is 10.7. The molecular formula is C18H24N2O. The van der Waals surface area contributed by atoms with E-state index >= 15 is 0 Å². The predicted octanol–water partition coefficient (Wildman–Crippen LogP) is 3.55. The van der Waals surface area contributed by atoms with E-state index in [1.165, 1.54) is 17.5 Å². The minimum Gasteiger partial charge on any atom is -0.493 e. The number of aromatic nitrogens is 1. The van der Waals surface area contributed by atoms with E-state index in [2.05, 4.69) is 53.5 Å². The lowest BCUT2D eigenvalue weighted by Gasteiger charge is -2.26. The number of nitrogens with one attached hydrogen (secondary N) is 1. The van der Waals surface area contributed by atoms with Gasteiger partial charge in [0.1, 0.15) is 5.75 Å². The topological polar surface area (TPSA) is 26.2 Å². The first-order chi connectivity index (χ1) is 10.4. The van der Waals surface area contributed by atoms with Gasteiger partial charge in [-0.3, -0.25) is 0 Å². The van der Waals surface area contributed by atoms with Crippen molar-refractivity contribution in [3.05, 3.63) is 53.9 Å². The van der Waals surface area contributed by atoms with E-state index in [1.54, 1.807) is 0 Å². The number of nitrogens with zero attached hydrogens (tertiary/aromatic N) is 1. The van der Waals surface area contributed by atoms with Crippen LogP contribution in [-0.4, -0.2) is 17.7 Å². The fraction of sp³-hybridized carbons (Fsp3) is 0.444. The van der Waals surface area contributed by atoms with Crippen LogP contribution in [0.2, 0.25) is 0 Å². The Bertz CT molecular complexity index is 576. The Morgan fingerprint density at radius 1 is 1.29 bits per heavy atom. The predicted molar refractivity (Wildman–Crippen MR) is 85.7 cm³/mol. The van der Waals surface area contributed by atoms with E-state index in [1.807, 2.05) is 6.07 Å².